The molecule has 0 aliphatic heterocycles. The van der Waals surface area contributed by atoms with E-state index in [-0.39, 0.29) is 6.20 Å². The molecule has 0 aliphatic carbocycles. The quantitative estimate of drug-likeness (QED) is 0.646. The van der Waals surface area contributed by atoms with Gasteiger partial charge < -0.3 is 5.11 Å². The molecule has 0 bridgehead atoms. The van der Waals surface area contributed by atoms with Crippen LogP contribution in [0.25, 0.3) is 0 Å². The molecule has 1 aromatic rings. The topological polar surface area (TPSA) is 50.2 Å². The number of nitrogens with zero attached hydrogens (tertiary/aromatic N) is 1. The van der Waals surface area contributed by atoms with E-state index < -0.39 is 45.4 Å². The molecule has 1 heterocycles. The second-order valence-electron chi connectivity index (χ2n) is 3.22. The van der Waals surface area contributed by atoms with Gasteiger partial charge in [0.05, 0.1) is 12.0 Å². The SMILES string of the molecule is O=C(O)Cc1c(C(F)(F)F)cnc(C(F)F)c1I. The Morgan fingerprint density at radius 3 is 2.39 bits per heavy atom. The van der Waals surface area contributed by atoms with Crippen LogP contribution in [0.2, 0.25) is 0 Å². The second-order valence-corrected chi connectivity index (χ2v) is 4.30. The molecule has 1 aromatic heterocycles. The number of pyridine rings is 1. The first-order chi connectivity index (χ1) is 8.14. The Hall–Kier alpha value is -1.00. The highest BCUT2D eigenvalue weighted by molar-refractivity contribution is 14.1. The number of carboxylic acids is 1. The van der Waals surface area contributed by atoms with Gasteiger partial charge in [-0.1, -0.05) is 0 Å². The zero-order chi connectivity index (χ0) is 14.1. The molecule has 1 N–H and O–H groups in total. The predicted molar refractivity (Wildman–Crippen MR) is 58.3 cm³/mol. The average Bonchev–Trinajstić information content (AvgIpc) is 2.17. The molecule has 0 unspecified atom stereocenters. The number of halogens is 6. The number of carboxylic acid groups (broad SMARTS) is 1. The summed E-state index contributed by atoms with van der Waals surface area (Å²) in [6.45, 7) is 0. The van der Waals surface area contributed by atoms with Crippen molar-refractivity contribution in [3.05, 3.63) is 26.6 Å². The lowest BCUT2D eigenvalue weighted by atomic mass is 10.1. The fourth-order valence-electron chi connectivity index (χ4n) is 1.26. The van der Waals surface area contributed by atoms with Crippen LogP contribution in [-0.4, -0.2) is 16.1 Å². The Morgan fingerprint density at radius 2 is 2.00 bits per heavy atom. The van der Waals surface area contributed by atoms with E-state index in [0.29, 0.717) is 0 Å². The van der Waals surface area contributed by atoms with E-state index in [2.05, 4.69) is 4.98 Å². The zero-order valence-corrected chi connectivity index (χ0v) is 10.6. The van der Waals surface area contributed by atoms with Gasteiger partial charge in [-0.25, -0.2) is 8.78 Å². The van der Waals surface area contributed by atoms with Crippen molar-refractivity contribution in [3.63, 3.8) is 0 Å². The van der Waals surface area contributed by atoms with E-state index >= 15 is 0 Å². The summed E-state index contributed by atoms with van der Waals surface area (Å²) < 4.78 is 62.2. The third-order valence-corrected chi connectivity index (χ3v) is 3.19. The van der Waals surface area contributed by atoms with Crippen LogP contribution in [0.5, 0.6) is 0 Å². The summed E-state index contributed by atoms with van der Waals surface area (Å²) in [5.74, 6) is -1.54. The summed E-state index contributed by atoms with van der Waals surface area (Å²) in [6.07, 6.45) is -8.65. The van der Waals surface area contributed by atoms with Crippen molar-refractivity contribution < 1.29 is 31.9 Å². The predicted octanol–water partition coefficient (Wildman–Crippen LogP) is 3.27. The van der Waals surface area contributed by atoms with Crippen molar-refractivity contribution in [2.75, 3.05) is 0 Å². The Kier molecular flexibility index (Phi) is 4.46. The average molecular weight is 381 g/mol. The van der Waals surface area contributed by atoms with E-state index in [1.54, 1.807) is 0 Å². The van der Waals surface area contributed by atoms with Gasteiger partial charge in [-0.2, -0.15) is 13.2 Å². The monoisotopic (exact) mass is 381 g/mol. The molecule has 3 nitrogen and oxygen atoms in total. The summed E-state index contributed by atoms with van der Waals surface area (Å²) in [5.41, 5.74) is -2.85. The van der Waals surface area contributed by atoms with Crippen LogP contribution in [-0.2, 0) is 17.4 Å². The third-order valence-electron chi connectivity index (χ3n) is 1.99. The molecule has 0 fully saturated rings. The largest absolute Gasteiger partial charge is 0.481 e. The minimum atomic E-state index is -4.83. The minimum Gasteiger partial charge on any atom is -0.481 e. The van der Waals surface area contributed by atoms with Gasteiger partial charge in [0.1, 0.15) is 5.69 Å². The molecule has 0 aliphatic rings. The van der Waals surface area contributed by atoms with Crippen LogP contribution in [0.3, 0.4) is 0 Å². The highest BCUT2D eigenvalue weighted by Crippen LogP contribution is 2.36. The Morgan fingerprint density at radius 1 is 1.44 bits per heavy atom. The fourth-order valence-corrected chi connectivity index (χ4v) is 2.12. The molecule has 0 amide bonds. The van der Waals surface area contributed by atoms with Crippen LogP contribution in [0, 0.1) is 3.57 Å². The summed E-state index contributed by atoms with van der Waals surface area (Å²) >= 11 is 1.25. The van der Waals surface area contributed by atoms with Crippen molar-refractivity contribution in [1.29, 1.82) is 0 Å². The molecule has 0 atom stereocenters. The van der Waals surface area contributed by atoms with Crippen LogP contribution in [0.1, 0.15) is 23.2 Å². The van der Waals surface area contributed by atoms with Crippen molar-refractivity contribution in [2.24, 2.45) is 0 Å². The van der Waals surface area contributed by atoms with E-state index in [1.807, 2.05) is 0 Å². The first-order valence-electron chi connectivity index (χ1n) is 4.39. The summed E-state index contributed by atoms with van der Waals surface area (Å²) in [5, 5.41) is 8.53. The maximum absolute atomic E-state index is 12.6. The van der Waals surface area contributed by atoms with Gasteiger partial charge in [0.15, 0.2) is 0 Å². The minimum absolute atomic E-state index is 0.238. The van der Waals surface area contributed by atoms with E-state index in [0.717, 1.165) is 0 Å². The normalized spacial score (nSPS) is 11.9. The Labute approximate surface area is 111 Å². The number of hydrogen-bond acceptors (Lipinski definition) is 2. The Balaban J connectivity index is 3.46. The number of hydrogen-bond donors (Lipinski definition) is 1. The first-order valence-corrected chi connectivity index (χ1v) is 5.47. The third kappa shape index (κ3) is 3.27. The van der Waals surface area contributed by atoms with Gasteiger partial charge >= 0.3 is 12.1 Å². The lowest BCUT2D eigenvalue weighted by molar-refractivity contribution is -0.140. The zero-order valence-electron chi connectivity index (χ0n) is 8.43. The molecule has 0 spiro atoms. The molecular weight excluding hydrogens is 376 g/mol. The molecule has 0 saturated heterocycles. The van der Waals surface area contributed by atoms with Crippen molar-refractivity contribution >= 4 is 28.6 Å². The summed E-state index contributed by atoms with van der Waals surface area (Å²) in [7, 11) is 0. The lowest BCUT2D eigenvalue weighted by Crippen LogP contribution is -2.16. The second kappa shape index (κ2) is 5.33. The molecule has 100 valence electrons. The highest BCUT2D eigenvalue weighted by atomic mass is 127. The summed E-state index contributed by atoms with van der Waals surface area (Å²) in [4.78, 5) is 13.5. The van der Waals surface area contributed by atoms with Crippen LogP contribution in [0.15, 0.2) is 6.20 Å². The van der Waals surface area contributed by atoms with Crippen LogP contribution < -0.4 is 0 Å². The van der Waals surface area contributed by atoms with E-state index in [4.69, 9.17) is 5.11 Å². The van der Waals surface area contributed by atoms with Crippen molar-refractivity contribution in [2.45, 2.75) is 19.0 Å². The smallest absolute Gasteiger partial charge is 0.418 e. The van der Waals surface area contributed by atoms with Gasteiger partial charge in [-0.15, -0.1) is 0 Å². The standard InChI is InChI=1S/C9H5F5INO2/c10-8(11)7-6(15)3(1-5(17)18)4(2-16-7)9(12,13)14/h2,8H,1H2,(H,17,18). The molecule has 18 heavy (non-hydrogen) atoms. The van der Waals surface area contributed by atoms with Crippen molar-refractivity contribution in [1.82, 2.24) is 4.98 Å². The van der Waals surface area contributed by atoms with Gasteiger partial charge in [0.2, 0.25) is 0 Å². The maximum atomic E-state index is 12.6. The van der Waals surface area contributed by atoms with Crippen LogP contribution in [0.4, 0.5) is 22.0 Å². The molecular formula is C9H5F5INO2. The molecule has 9 heteroatoms. The number of aliphatic carboxylic acids is 1. The number of aromatic nitrogens is 1. The molecule has 0 saturated carbocycles. The van der Waals surface area contributed by atoms with Gasteiger partial charge in [-0.3, -0.25) is 9.78 Å². The number of rotatable bonds is 3. The van der Waals surface area contributed by atoms with E-state index in [9.17, 15) is 26.7 Å². The summed E-state index contributed by atoms with van der Waals surface area (Å²) in [6, 6.07) is 0. The maximum Gasteiger partial charge on any atom is 0.418 e. The Bertz CT molecular complexity index is 475. The molecule has 0 radical (unpaired) electrons. The van der Waals surface area contributed by atoms with E-state index in [1.165, 1.54) is 22.6 Å². The number of carbonyl (C=O) groups is 1. The first kappa shape index (κ1) is 15.1. The number of alkyl halides is 5. The van der Waals surface area contributed by atoms with Gasteiger partial charge in [0.25, 0.3) is 6.43 Å². The van der Waals surface area contributed by atoms with Crippen LogP contribution >= 0.6 is 22.6 Å². The van der Waals surface area contributed by atoms with Gasteiger partial charge in [-0.05, 0) is 28.2 Å². The molecule has 1 rings (SSSR count). The lowest BCUT2D eigenvalue weighted by Gasteiger charge is -2.15. The van der Waals surface area contributed by atoms with Gasteiger partial charge in [0, 0.05) is 9.77 Å². The highest BCUT2D eigenvalue weighted by Gasteiger charge is 2.36. The fraction of sp³-hybridized carbons (Fsp3) is 0.333. The molecule has 0 aromatic carbocycles. The van der Waals surface area contributed by atoms with Crippen molar-refractivity contribution in [3.8, 4) is 0 Å².